The van der Waals surface area contributed by atoms with Crippen molar-refractivity contribution in [1.82, 2.24) is 20.0 Å². The molecule has 1 N–H and O–H groups in total. The maximum absolute atomic E-state index is 12.0. The van der Waals surface area contributed by atoms with E-state index in [1.165, 1.54) is 5.69 Å². The molecule has 0 saturated carbocycles. The molecule has 2 heterocycles. The normalized spacial score (nSPS) is 23.4. The summed E-state index contributed by atoms with van der Waals surface area (Å²) in [5, 5.41) is 7.71. The second kappa shape index (κ2) is 5.74. The molecule has 0 aliphatic carbocycles. The molecule has 0 bridgehead atoms. The van der Waals surface area contributed by atoms with Crippen LogP contribution in [0.2, 0.25) is 0 Å². The molecule has 2 unspecified atom stereocenters. The Balaban J connectivity index is 1.98. The number of aryl methyl sites for hydroxylation is 2. The van der Waals surface area contributed by atoms with E-state index in [-0.39, 0.29) is 11.9 Å². The molecule has 5 heteroatoms. The van der Waals surface area contributed by atoms with E-state index in [0.717, 1.165) is 31.5 Å². The van der Waals surface area contributed by atoms with E-state index >= 15 is 0 Å². The smallest absolute Gasteiger partial charge is 0.239 e. The quantitative estimate of drug-likeness (QED) is 0.875. The minimum Gasteiger partial charge on any atom is -0.347 e. The molecule has 1 aliphatic heterocycles. The Morgan fingerprint density at radius 3 is 2.89 bits per heavy atom. The third kappa shape index (κ3) is 3.35. The van der Waals surface area contributed by atoms with Crippen LogP contribution in [0.25, 0.3) is 0 Å². The van der Waals surface area contributed by atoms with Gasteiger partial charge in [-0.05, 0) is 44.7 Å². The van der Waals surface area contributed by atoms with Crippen molar-refractivity contribution in [2.75, 3.05) is 20.6 Å². The van der Waals surface area contributed by atoms with Crippen LogP contribution in [0.3, 0.4) is 0 Å². The molecule has 1 amide bonds. The number of carbonyl (C=O) groups is 1. The van der Waals surface area contributed by atoms with Crippen LogP contribution in [0.5, 0.6) is 0 Å². The Bertz CT molecular complexity index is 452. The number of nitrogens with zero attached hydrogens (tertiary/aromatic N) is 3. The van der Waals surface area contributed by atoms with Gasteiger partial charge in [-0.25, -0.2) is 0 Å². The summed E-state index contributed by atoms with van der Waals surface area (Å²) in [6.07, 6.45) is 3.05. The molecular formula is C14H24N4O. The van der Waals surface area contributed by atoms with Crippen molar-refractivity contribution in [3.63, 3.8) is 0 Å². The van der Waals surface area contributed by atoms with E-state index in [1.807, 2.05) is 32.7 Å². The summed E-state index contributed by atoms with van der Waals surface area (Å²) >= 11 is 0. The summed E-state index contributed by atoms with van der Waals surface area (Å²) in [6, 6.07) is 2.12. The van der Waals surface area contributed by atoms with Gasteiger partial charge in [0.1, 0.15) is 0 Å². The van der Waals surface area contributed by atoms with Crippen molar-refractivity contribution in [1.29, 1.82) is 0 Å². The molecule has 2 atom stereocenters. The van der Waals surface area contributed by atoms with Gasteiger partial charge in [0.15, 0.2) is 0 Å². The van der Waals surface area contributed by atoms with E-state index in [9.17, 15) is 4.79 Å². The lowest BCUT2D eigenvalue weighted by Gasteiger charge is -2.31. The Hall–Kier alpha value is -1.36. The van der Waals surface area contributed by atoms with Crippen LogP contribution in [0.4, 0.5) is 0 Å². The fraction of sp³-hybridized carbons (Fsp3) is 0.714. The SMILES string of the molecule is Cc1cc(CC2CCNC(C(=O)N(C)C)C2)n(C)n1. The van der Waals surface area contributed by atoms with E-state index < -0.39 is 0 Å². The number of aromatic nitrogens is 2. The number of carbonyl (C=O) groups excluding carboxylic acids is 1. The van der Waals surface area contributed by atoms with Gasteiger partial charge in [-0.3, -0.25) is 9.48 Å². The number of piperidine rings is 1. The van der Waals surface area contributed by atoms with Gasteiger partial charge in [0, 0.05) is 26.8 Å². The Morgan fingerprint density at radius 2 is 2.32 bits per heavy atom. The molecule has 1 aliphatic rings. The van der Waals surface area contributed by atoms with E-state index in [4.69, 9.17) is 0 Å². The Labute approximate surface area is 115 Å². The minimum atomic E-state index is -0.0249. The predicted molar refractivity (Wildman–Crippen MR) is 74.9 cm³/mol. The molecule has 106 valence electrons. The second-order valence-electron chi connectivity index (χ2n) is 5.73. The summed E-state index contributed by atoms with van der Waals surface area (Å²) in [5.74, 6) is 0.746. The molecule has 1 aromatic rings. The molecule has 1 fully saturated rings. The number of hydrogen-bond donors (Lipinski definition) is 1. The van der Waals surface area contributed by atoms with Crippen LogP contribution in [-0.4, -0.2) is 47.3 Å². The van der Waals surface area contributed by atoms with Gasteiger partial charge in [-0.2, -0.15) is 5.10 Å². The average Bonchev–Trinajstić information content (AvgIpc) is 2.67. The van der Waals surface area contributed by atoms with Crippen LogP contribution in [0.1, 0.15) is 24.2 Å². The van der Waals surface area contributed by atoms with E-state index in [0.29, 0.717) is 5.92 Å². The number of amides is 1. The molecular weight excluding hydrogens is 240 g/mol. The van der Waals surface area contributed by atoms with Gasteiger partial charge < -0.3 is 10.2 Å². The molecule has 0 aromatic carbocycles. The maximum Gasteiger partial charge on any atom is 0.239 e. The minimum absolute atomic E-state index is 0.0249. The van der Waals surface area contributed by atoms with Crippen molar-refractivity contribution >= 4 is 5.91 Å². The Kier molecular flexibility index (Phi) is 4.24. The average molecular weight is 264 g/mol. The zero-order valence-corrected chi connectivity index (χ0v) is 12.3. The monoisotopic (exact) mass is 264 g/mol. The lowest BCUT2D eigenvalue weighted by atomic mass is 9.88. The second-order valence-corrected chi connectivity index (χ2v) is 5.73. The largest absolute Gasteiger partial charge is 0.347 e. The van der Waals surface area contributed by atoms with Gasteiger partial charge in [0.25, 0.3) is 0 Å². The number of rotatable bonds is 3. The summed E-state index contributed by atoms with van der Waals surface area (Å²) in [4.78, 5) is 13.7. The van der Waals surface area contributed by atoms with Crippen LogP contribution < -0.4 is 5.32 Å². The standard InChI is InChI=1S/C14H24N4O/c1-10-7-12(18(4)16-10)8-11-5-6-15-13(9-11)14(19)17(2)3/h7,11,13,15H,5-6,8-9H2,1-4H3. The third-order valence-corrected chi connectivity index (χ3v) is 3.85. The highest BCUT2D eigenvalue weighted by Crippen LogP contribution is 2.22. The highest BCUT2D eigenvalue weighted by Gasteiger charge is 2.28. The number of hydrogen-bond acceptors (Lipinski definition) is 3. The van der Waals surface area contributed by atoms with Crippen LogP contribution in [0.15, 0.2) is 6.07 Å². The van der Waals surface area contributed by atoms with Crippen LogP contribution >= 0.6 is 0 Å². The zero-order chi connectivity index (χ0) is 14.0. The first-order valence-electron chi connectivity index (χ1n) is 6.91. The van der Waals surface area contributed by atoms with Gasteiger partial charge >= 0.3 is 0 Å². The summed E-state index contributed by atoms with van der Waals surface area (Å²) < 4.78 is 1.96. The fourth-order valence-corrected chi connectivity index (χ4v) is 2.83. The Morgan fingerprint density at radius 1 is 1.58 bits per heavy atom. The van der Waals surface area contributed by atoms with Crippen molar-refractivity contribution in [3.05, 3.63) is 17.5 Å². The molecule has 1 aromatic heterocycles. The predicted octanol–water partition coefficient (Wildman–Crippen LogP) is 0.727. The molecule has 1 saturated heterocycles. The summed E-state index contributed by atoms with van der Waals surface area (Å²) in [6.45, 7) is 2.94. The van der Waals surface area contributed by atoms with Crippen LogP contribution in [0, 0.1) is 12.8 Å². The summed E-state index contributed by atoms with van der Waals surface area (Å²) in [7, 11) is 5.63. The fourth-order valence-electron chi connectivity index (χ4n) is 2.83. The van der Waals surface area contributed by atoms with Crippen molar-refractivity contribution in [2.24, 2.45) is 13.0 Å². The molecule has 0 spiro atoms. The molecule has 2 rings (SSSR count). The molecule has 5 nitrogen and oxygen atoms in total. The first kappa shape index (κ1) is 14.1. The number of nitrogens with one attached hydrogen (secondary N) is 1. The first-order chi connectivity index (χ1) is 8.97. The van der Waals surface area contributed by atoms with Gasteiger partial charge in [-0.15, -0.1) is 0 Å². The highest BCUT2D eigenvalue weighted by molar-refractivity contribution is 5.81. The summed E-state index contributed by atoms with van der Waals surface area (Å²) in [5.41, 5.74) is 2.33. The van der Waals surface area contributed by atoms with Gasteiger partial charge in [0.05, 0.1) is 11.7 Å². The highest BCUT2D eigenvalue weighted by atomic mass is 16.2. The van der Waals surface area contributed by atoms with Gasteiger partial charge in [-0.1, -0.05) is 0 Å². The molecule has 0 radical (unpaired) electrons. The van der Waals surface area contributed by atoms with E-state index in [1.54, 1.807) is 4.90 Å². The van der Waals surface area contributed by atoms with Crippen LogP contribution in [-0.2, 0) is 18.3 Å². The first-order valence-corrected chi connectivity index (χ1v) is 6.91. The zero-order valence-electron chi connectivity index (χ0n) is 12.3. The van der Waals surface area contributed by atoms with Crippen molar-refractivity contribution in [2.45, 2.75) is 32.2 Å². The topological polar surface area (TPSA) is 50.2 Å². The lowest BCUT2D eigenvalue weighted by molar-refractivity contribution is -0.131. The number of likely N-dealkylation sites (N-methyl/N-ethyl adjacent to an activating group) is 1. The van der Waals surface area contributed by atoms with Gasteiger partial charge in [0.2, 0.25) is 5.91 Å². The molecule has 19 heavy (non-hydrogen) atoms. The van der Waals surface area contributed by atoms with E-state index in [2.05, 4.69) is 16.5 Å². The van der Waals surface area contributed by atoms with Crippen molar-refractivity contribution < 1.29 is 4.79 Å². The van der Waals surface area contributed by atoms with Crippen molar-refractivity contribution in [3.8, 4) is 0 Å². The lowest BCUT2D eigenvalue weighted by Crippen LogP contribution is -2.48. The maximum atomic E-state index is 12.0. The third-order valence-electron chi connectivity index (χ3n) is 3.85.